The molecule has 0 bridgehead atoms. The smallest absolute Gasteiger partial charge is 0.165 e. The number of halogens is 2. The van der Waals surface area contributed by atoms with Crippen LogP contribution >= 0.6 is 15.9 Å². The van der Waals surface area contributed by atoms with Crippen molar-refractivity contribution in [1.29, 1.82) is 0 Å². The lowest BCUT2D eigenvalue weighted by Gasteiger charge is -2.11. The minimum absolute atomic E-state index is 0.0121. The Hall–Kier alpha value is -0.570. The first-order valence-electron chi connectivity index (χ1n) is 3.71. The Morgan fingerprint density at radius 3 is 2.75 bits per heavy atom. The second-order valence-corrected chi connectivity index (χ2v) is 3.16. The highest BCUT2D eigenvalue weighted by Gasteiger charge is 2.05. The van der Waals surface area contributed by atoms with Crippen LogP contribution in [-0.2, 0) is 0 Å². The zero-order chi connectivity index (χ0) is 8.97. The van der Waals surface area contributed by atoms with Crippen molar-refractivity contribution >= 4 is 15.9 Å². The van der Waals surface area contributed by atoms with Gasteiger partial charge in [0.25, 0.3) is 0 Å². The molecule has 12 heavy (non-hydrogen) atoms. The van der Waals surface area contributed by atoms with E-state index in [2.05, 4.69) is 15.9 Å². The van der Waals surface area contributed by atoms with Crippen molar-refractivity contribution in [3.8, 4) is 5.75 Å². The summed E-state index contributed by atoms with van der Waals surface area (Å²) in [5, 5.41) is 0.696. The van der Waals surface area contributed by atoms with Gasteiger partial charge in [-0.1, -0.05) is 28.1 Å². The number of alkyl halides is 1. The molecule has 0 radical (unpaired) electrons. The van der Waals surface area contributed by atoms with Gasteiger partial charge in [0.05, 0.1) is 0 Å². The van der Waals surface area contributed by atoms with E-state index in [0.717, 1.165) is 0 Å². The number of benzene rings is 1. The summed E-state index contributed by atoms with van der Waals surface area (Å²) in [6.45, 7) is 1.88. The van der Waals surface area contributed by atoms with E-state index >= 15 is 0 Å². The van der Waals surface area contributed by atoms with E-state index in [1.165, 1.54) is 6.07 Å². The van der Waals surface area contributed by atoms with Gasteiger partial charge in [-0.3, -0.25) is 0 Å². The topological polar surface area (TPSA) is 9.23 Å². The lowest BCUT2D eigenvalue weighted by molar-refractivity contribution is 0.236. The third-order valence-electron chi connectivity index (χ3n) is 1.38. The molecule has 0 heterocycles. The van der Waals surface area contributed by atoms with E-state index in [-0.39, 0.29) is 11.9 Å². The van der Waals surface area contributed by atoms with Crippen molar-refractivity contribution < 1.29 is 9.13 Å². The predicted octanol–water partition coefficient (Wildman–Crippen LogP) is 2.99. The molecule has 0 saturated carbocycles. The first kappa shape index (κ1) is 9.52. The van der Waals surface area contributed by atoms with Crippen LogP contribution in [0, 0.1) is 5.82 Å². The normalized spacial score (nSPS) is 12.6. The highest BCUT2D eigenvalue weighted by Crippen LogP contribution is 2.17. The number of rotatable bonds is 3. The van der Waals surface area contributed by atoms with Crippen molar-refractivity contribution in [2.75, 3.05) is 5.33 Å². The van der Waals surface area contributed by atoms with E-state index < -0.39 is 0 Å². The highest BCUT2D eigenvalue weighted by molar-refractivity contribution is 9.09. The second-order valence-electron chi connectivity index (χ2n) is 2.51. The minimum Gasteiger partial charge on any atom is -0.487 e. The molecule has 0 aliphatic rings. The van der Waals surface area contributed by atoms with Crippen molar-refractivity contribution in [1.82, 2.24) is 0 Å². The van der Waals surface area contributed by atoms with Crippen molar-refractivity contribution in [3.05, 3.63) is 30.1 Å². The average Bonchev–Trinajstić information content (AvgIpc) is 2.09. The van der Waals surface area contributed by atoms with Crippen LogP contribution in [0.25, 0.3) is 0 Å². The molecular formula is C9H10BrFO. The molecule has 0 N–H and O–H groups in total. The summed E-state index contributed by atoms with van der Waals surface area (Å²) in [5.74, 6) is -0.00486. The standard InChI is InChI=1S/C9H10BrFO/c1-7(6-10)12-9-5-3-2-4-8(9)11/h2-5,7H,6H2,1H3. The molecule has 1 rings (SSSR count). The van der Waals surface area contributed by atoms with Gasteiger partial charge in [0, 0.05) is 5.33 Å². The summed E-state index contributed by atoms with van der Waals surface area (Å²) in [6.07, 6.45) is -0.0121. The van der Waals surface area contributed by atoms with Gasteiger partial charge in [-0.25, -0.2) is 4.39 Å². The van der Waals surface area contributed by atoms with Gasteiger partial charge in [0.15, 0.2) is 11.6 Å². The summed E-state index contributed by atoms with van der Waals surface area (Å²) >= 11 is 3.25. The zero-order valence-corrected chi connectivity index (χ0v) is 8.34. The van der Waals surface area contributed by atoms with Crippen molar-refractivity contribution in [2.45, 2.75) is 13.0 Å². The Balaban J connectivity index is 2.69. The van der Waals surface area contributed by atoms with Gasteiger partial charge >= 0.3 is 0 Å². The van der Waals surface area contributed by atoms with Crippen molar-refractivity contribution in [3.63, 3.8) is 0 Å². The van der Waals surface area contributed by atoms with Crippen LogP contribution in [0.4, 0.5) is 4.39 Å². The summed E-state index contributed by atoms with van der Waals surface area (Å²) in [5.41, 5.74) is 0. The molecule has 3 heteroatoms. The summed E-state index contributed by atoms with van der Waals surface area (Å²) in [7, 11) is 0. The Morgan fingerprint density at radius 1 is 1.50 bits per heavy atom. The first-order chi connectivity index (χ1) is 5.74. The second kappa shape index (κ2) is 4.45. The number of hydrogen-bond acceptors (Lipinski definition) is 1. The monoisotopic (exact) mass is 232 g/mol. The fourth-order valence-electron chi connectivity index (χ4n) is 0.789. The van der Waals surface area contributed by atoms with Crippen LogP contribution in [0.5, 0.6) is 5.75 Å². The maximum atomic E-state index is 12.9. The fourth-order valence-corrected chi connectivity index (χ4v) is 0.921. The van der Waals surface area contributed by atoms with Crippen LogP contribution in [0.15, 0.2) is 24.3 Å². The molecule has 0 saturated heterocycles. The average molecular weight is 233 g/mol. The zero-order valence-electron chi connectivity index (χ0n) is 6.76. The Labute approximate surface area is 79.7 Å². The molecule has 1 aromatic rings. The number of hydrogen-bond donors (Lipinski definition) is 0. The third-order valence-corrected chi connectivity index (χ3v) is 2.29. The lowest BCUT2D eigenvalue weighted by Crippen LogP contribution is -2.13. The minimum atomic E-state index is -0.315. The maximum absolute atomic E-state index is 12.9. The van der Waals surface area contributed by atoms with E-state index in [0.29, 0.717) is 11.1 Å². The molecule has 0 aromatic heterocycles. The summed E-state index contributed by atoms with van der Waals surface area (Å²) in [6, 6.07) is 6.39. The van der Waals surface area contributed by atoms with E-state index in [1.54, 1.807) is 18.2 Å². The summed E-state index contributed by atoms with van der Waals surface area (Å²) < 4.78 is 18.2. The highest BCUT2D eigenvalue weighted by atomic mass is 79.9. The largest absolute Gasteiger partial charge is 0.487 e. The van der Waals surface area contributed by atoms with Gasteiger partial charge in [-0.15, -0.1) is 0 Å². The fraction of sp³-hybridized carbons (Fsp3) is 0.333. The number of para-hydroxylation sites is 1. The van der Waals surface area contributed by atoms with Crippen LogP contribution < -0.4 is 4.74 Å². The van der Waals surface area contributed by atoms with E-state index in [4.69, 9.17) is 4.74 Å². The van der Waals surface area contributed by atoms with Gasteiger partial charge in [-0.05, 0) is 19.1 Å². The van der Waals surface area contributed by atoms with Gasteiger partial charge < -0.3 is 4.74 Å². The molecule has 1 atom stereocenters. The molecule has 0 spiro atoms. The van der Waals surface area contributed by atoms with E-state index in [9.17, 15) is 4.39 Å². The molecule has 1 unspecified atom stereocenters. The SMILES string of the molecule is CC(CBr)Oc1ccccc1F. The predicted molar refractivity (Wildman–Crippen MR) is 50.3 cm³/mol. The molecule has 66 valence electrons. The molecule has 1 aromatic carbocycles. The summed E-state index contributed by atoms with van der Waals surface area (Å²) in [4.78, 5) is 0. The van der Waals surface area contributed by atoms with Crippen LogP contribution in [0.1, 0.15) is 6.92 Å². The first-order valence-corrected chi connectivity index (χ1v) is 4.83. The third kappa shape index (κ3) is 2.48. The molecule has 0 amide bonds. The molecule has 0 aliphatic heterocycles. The van der Waals surface area contributed by atoms with Gasteiger partial charge in [0.2, 0.25) is 0 Å². The van der Waals surface area contributed by atoms with Crippen LogP contribution in [-0.4, -0.2) is 11.4 Å². The Morgan fingerprint density at radius 2 is 2.17 bits per heavy atom. The molecule has 1 nitrogen and oxygen atoms in total. The quantitative estimate of drug-likeness (QED) is 0.729. The lowest BCUT2D eigenvalue weighted by atomic mass is 10.3. The Kier molecular flexibility index (Phi) is 3.53. The van der Waals surface area contributed by atoms with Crippen LogP contribution in [0.3, 0.4) is 0 Å². The van der Waals surface area contributed by atoms with Gasteiger partial charge in [0.1, 0.15) is 6.10 Å². The maximum Gasteiger partial charge on any atom is 0.165 e. The number of ether oxygens (including phenoxy) is 1. The van der Waals surface area contributed by atoms with E-state index in [1.807, 2.05) is 6.92 Å². The Bertz CT molecular complexity index is 252. The molecule has 0 aliphatic carbocycles. The van der Waals surface area contributed by atoms with Crippen molar-refractivity contribution in [2.24, 2.45) is 0 Å². The van der Waals surface area contributed by atoms with Gasteiger partial charge in [-0.2, -0.15) is 0 Å². The van der Waals surface area contributed by atoms with Crippen LogP contribution in [0.2, 0.25) is 0 Å². The molecule has 0 fully saturated rings. The molecular weight excluding hydrogens is 223 g/mol.